The summed E-state index contributed by atoms with van der Waals surface area (Å²) in [5.74, 6) is -7.03. The summed E-state index contributed by atoms with van der Waals surface area (Å²) in [6.45, 7) is 3.09. The fourth-order valence-electron chi connectivity index (χ4n) is 0.913. The molecule has 0 fully saturated rings. The fraction of sp³-hybridized carbons (Fsp3) is 0. The van der Waals surface area contributed by atoms with Crippen LogP contribution in [0, 0.1) is 23.3 Å². The van der Waals surface area contributed by atoms with Gasteiger partial charge in [0.25, 0.3) is 0 Å². The summed E-state index contributed by atoms with van der Waals surface area (Å²) in [6.07, 6.45) is 0. The van der Waals surface area contributed by atoms with Crippen LogP contribution < -0.4 is 5.73 Å². The van der Waals surface area contributed by atoms with Crippen LogP contribution >= 0.6 is 12.6 Å². The molecular weight excluding hydrogens is 218 g/mol. The third-order valence-electron chi connectivity index (χ3n) is 1.56. The van der Waals surface area contributed by atoms with Gasteiger partial charge in [0.1, 0.15) is 0 Å². The second-order valence-corrected chi connectivity index (χ2v) is 2.95. The SMILES string of the molecule is C=C(N)c1c(F)c(F)c(F)c(F)c1S. The normalized spacial score (nSPS) is 10.4. The Morgan fingerprint density at radius 1 is 1.00 bits per heavy atom. The molecule has 0 aliphatic heterocycles. The van der Waals surface area contributed by atoms with Crippen LogP contribution in [0.15, 0.2) is 11.5 Å². The van der Waals surface area contributed by atoms with Crippen molar-refractivity contribution in [1.82, 2.24) is 0 Å². The summed E-state index contributed by atoms with van der Waals surface area (Å²) in [5, 5.41) is 0. The van der Waals surface area contributed by atoms with E-state index in [4.69, 9.17) is 5.73 Å². The van der Waals surface area contributed by atoms with Gasteiger partial charge in [0.05, 0.1) is 10.5 Å². The summed E-state index contributed by atoms with van der Waals surface area (Å²) in [7, 11) is 0. The van der Waals surface area contributed by atoms with Crippen molar-refractivity contribution in [3.63, 3.8) is 0 Å². The minimum atomic E-state index is -1.93. The second kappa shape index (κ2) is 3.53. The van der Waals surface area contributed by atoms with Crippen molar-refractivity contribution in [1.29, 1.82) is 0 Å². The molecule has 1 aromatic rings. The Labute approximate surface area is 82.6 Å². The monoisotopic (exact) mass is 223 g/mol. The molecule has 76 valence electrons. The predicted molar refractivity (Wildman–Crippen MR) is 46.7 cm³/mol. The van der Waals surface area contributed by atoms with Crippen molar-refractivity contribution < 1.29 is 17.6 Å². The van der Waals surface area contributed by atoms with Gasteiger partial charge in [-0.2, -0.15) is 0 Å². The number of nitrogens with two attached hydrogens (primary N) is 1. The largest absolute Gasteiger partial charge is 0.399 e. The molecule has 0 saturated heterocycles. The van der Waals surface area contributed by atoms with Crippen LogP contribution in [0.4, 0.5) is 17.6 Å². The molecule has 1 nitrogen and oxygen atoms in total. The zero-order chi connectivity index (χ0) is 11.0. The molecule has 0 spiro atoms. The molecule has 0 aliphatic carbocycles. The molecule has 6 heteroatoms. The van der Waals surface area contributed by atoms with Crippen LogP contribution in [-0.2, 0) is 0 Å². The Morgan fingerprint density at radius 2 is 1.43 bits per heavy atom. The zero-order valence-corrected chi connectivity index (χ0v) is 7.64. The Bertz CT molecular complexity index is 387. The number of halogens is 4. The van der Waals surface area contributed by atoms with E-state index in [2.05, 4.69) is 19.2 Å². The lowest BCUT2D eigenvalue weighted by Gasteiger charge is -2.08. The number of benzene rings is 1. The van der Waals surface area contributed by atoms with Crippen LogP contribution in [0.1, 0.15) is 5.56 Å². The Balaban J connectivity index is 3.68. The van der Waals surface area contributed by atoms with E-state index in [1.165, 1.54) is 0 Å². The van der Waals surface area contributed by atoms with Gasteiger partial charge in [0.15, 0.2) is 23.3 Å². The van der Waals surface area contributed by atoms with Gasteiger partial charge in [0.2, 0.25) is 0 Å². The average molecular weight is 223 g/mol. The highest BCUT2D eigenvalue weighted by molar-refractivity contribution is 7.80. The molecule has 0 radical (unpaired) electrons. The maximum atomic E-state index is 13.0. The lowest BCUT2D eigenvalue weighted by Crippen LogP contribution is -2.07. The Kier molecular flexibility index (Phi) is 2.75. The number of thiol groups is 1. The van der Waals surface area contributed by atoms with Gasteiger partial charge < -0.3 is 5.73 Å². The van der Waals surface area contributed by atoms with E-state index < -0.39 is 39.4 Å². The van der Waals surface area contributed by atoms with E-state index in [-0.39, 0.29) is 0 Å². The molecule has 0 atom stereocenters. The predicted octanol–water partition coefficient (Wildman–Crippen LogP) is 2.46. The molecule has 0 heterocycles. The number of hydrogen-bond acceptors (Lipinski definition) is 2. The van der Waals surface area contributed by atoms with Crippen molar-refractivity contribution in [2.75, 3.05) is 0 Å². The molecule has 14 heavy (non-hydrogen) atoms. The third-order valence-corrected chi connectivity index (χ3v) is 1.98. The number of hydrogen-bond donors (Lipinski definition) is 2. The van der Waals surface area contributed by atoms with Gasteiger partial charge >= 0.3 is 0 Å². The van der Waals surface area contributed by atoms with Crippen LogP contribution in [-0.4, -0.2) is 0 Å². The smallest absolute Gasteiger partial charge is 0.198 e. The standard InChI is InChI=1S/C8H5F4NS/c1-2(13)3-4(9)5(10)6(11)7(12)8(3)14/h14H,1,13H2. The van der Waals surface area contributed by atoms with Gasteiger partial charge in [-0.1, -0.05) is 6.58 Å². The lowest BCUT2D eigenvalue weighted by atomic mass is 10.1. The molecule has 0 aliphatic rings. The highest BCUT2D eigenvalue weighted by atomic mass is 32.1. The first-order valence-electron chi connectivity index (χ1n) is 3.37. The van der Waals surface area contributed by atoms with E-state index in [1.54, 1.807) is 0 Å². The van der Waals surface area contributed by atoms with Crippen LogP contribution in [0.5, 0.6) is 0 Å². The van der Waals surface area contributed by atoms with E-state index in [0.29, 0.717) is 0 Å². The molecule has 2 N–H and O–H groups in total. The van der Waals surface area contributed by atoms with E-state index >= 15 is 0 Å². The van der Waals surface area contributed by atoms with E-state index in [0.717, 1.165) is 0 Å². The second-order valence-electron chi connectivity index (χ2n) is 2.50. The van der Waals surface area contributed by atoms with Crippen molar-refractivity contribution in [2.24, 2.45) is 5.73 Å². The fourth-order valence-corrected chi connectivity index (χ4v) is 1.25. The van der Waals surface area contributed by atoms with Crippen molar-refractivity contribution in [2.45, 2.75) is 4.90 Å². The lowest BCUT2D eigenvalue weighted by molar-refractivity contribution is 0.397. The first-order valence-corrected chi connectivity index (χ1v) is 3.82. The molecule has 0 amide bonds. The topological polar surface area (TPSA) is 26.0 Å². The van der Waals surface area contributed by atoms with Crippen LogP contribution in [0.3, 0.4) is 0 Å². The Morgan fingerprint density at radius 3 is 1.86 bits per heavy atom. The van der Waals surface area contributed by atoms with E-state index in [1.807, 2.05) is 0 Å². The van der Waals surface area contributed by atoms with Gasteiger partial charge in [-0.25, -0.2) is 17.6 Å². The van der Waals surface area contributed by atoms with Gasteiger partial charge in [-0.05, 0) is 0 Å². The first-order chi connectivity index (χ1) is 6.37. The molecule has 0 unspecified atom stereocenters. The molecule has 0 aromatic heterocycles. The van der Waals surface area contributed by atoms with Crippen LogP contribution in [0.25, 0.3) is 5.70 Å². The average Bonchev–Trinajstić information content (AvgIpc) is 2.11. The first kappa shape index (κ1) is 10.9. The van der Waals surface area contributed by atoms with Crippen molar-refractivity contribution >= 4 is 18.3 Å². The van der Waals surface area contributed by atoms with Crippen LogP contribution in [0.2, 0.25) is 0 Å². The van der Waals surface area contributed by atoms with Gasteiger partial charge in [-0.3, -0.25) is 0 Å². The van der Waals surface area contributed by atoms with E-state index in [9.17, 15) is 17.6 Å². The summed E-state index contributed by atoms with van der Waals surface area (Å²) >= 11 is 3.47. The van der Waals surface area contributed by atoms with Gasteiger partial charge in [-0.15, -0.1) is 12.6 Å². The maximum absolute atomic E-state index is 13.0. The molecule has 1 rings (SSSR count). The minimum Gasteiger partial charge on any atom is -0.399 e. The quantitative estimate of drug-likeness (QED) is 0.325. The summed E-state index contributed by atoms with van der Waals surface area (Å²) in [5.41, 5.74) is 3.98. The highest BCUT2D eigenvalue weighted by Gasteiger charge is 2.23. The highest BCUT2D eigenvalue weighted by Crippen LogP contribution is 2.29. The minimum absolute atomic E-state index is 0.426. The third kappa shape index (κ3) is 1.45. The number of rotatable bonds is 1. The summed E-state index contributed by atoms with van der Waals surface area (Å²) in [4.78, 5) is -0.700. The molecule has 0 bridgehead atoms. The summed E-state index contributed by atoms with van der Waals surface area (Å²) in [6, 6.07) is 0. The maximum Gasteiger partial charge on any atom is 0.198 e. The molecular formula is C8H5F4NS. The van der Waals surface area contributed by atoms with Crippen molar-refractivity contribution in [3.05, 3.63) is 35.4 Å². The van der Waals surface area contributed by atoms with Gasteiger partial charge in [0, 0.05) is 5.70 Å². The zero-order valence-electron chi connectivity index (χ0n) is 6.74. The molecule has 0 saturated carbocycles. The van der Waals surface area contributed by atoms with Crippen molar-refractivity contribution in [3.8, 4) is 0 Å². The Hall–Kier alpha value is -1.17. The summed E-state index contributed by atoms with van der Waals surface area (Å²) < 4.78 is 51.1. The molecule has 1 aromatic carbocycles.